The molecule has 0 atom stereocenters. The van der Waals surface area contributed by atoms with Crippen LogP contribution in [0.3, 0.4) is 0 Å². The van der Waals surface area contributed by atoms with Gasteiger partial charge >= 0.3 is 5.97 Å². The fourth-order valence-corrected chi connectivity index (χ4v) is 2.91. The Morgan fingerprint density at radius 2 is 1.93 bits per heavy atom. The first-order valence-corrected chi connectivity index (χ1v) is 8.57. The largest absolute Gasteiger partial charge is 0.476 e. The molecule has 3 rings (SSSR count). The van der Waals surface area contributed by atoms with Gasteiger partial charge in [0.1, 0.15) is 6.54 Å². The standard InChI is InChI=1S/C18H18ClN5O3/c1-11-17(20-16(25)10-23-8-7-15(22-23)18(26)27)12(2)24(21-11)9-13-5-3-4-6-14(13)19/h3-8H,9-10H2,1-2H3,(H,20,25)(H,26,27). The Bertz CT molecular complexity index is 1010. The quantitative estimate of drug-likeness (QED) is 0.677. The predicted molar refractivity (Wildman–Crippen MR) is 100 cm³/mol. The Labute approximate surface area is 160 Å². The summed E-state index contributed by atoms with van der Waals surface area (Å²) in [7, 11) is 0. The lowest BCUT2D eigenvalue weighted by Gasteiger charge is -2.08. The van der Waals surface area contributed by atoms with Crippen LogP contribution in [0.1, 0.15) is 27.4 Å². The summed E-state index contributed by atoms with van der Waals surface area (Å²) in [6, 6.07) is 8.86. The van der Waals surface area contributed by atoms with Gasteiger partial charge < -0.3 is 10.4 Å². The van der Waals surface area contributed by atoms with E-state index in [1.165, 1.54) is 16.9 Å². The summed E-state index contributed by atoms with van der Waals surface area (Å²) in [6.07, 6.45) is 1.45. The van der Waals surface area contributed by atoms with E-state index in [-0.39, 0.29) is 18.1 Å². The highest BCUT2D eigenvalue weighted by Gasteiger charge is 2.16. The molecule has 0 aliphatic rings. The number of rotatable bonds is 6. The topological polar surface area (TPSA) is 102 Å². The number of aryl methyl sites for hydroxylation is 1. The molecule has 140 valence electrons. The third-order valence-corrected chi connectivity index (χ3v) is 4.46. The molecule has 0 saturated heterocycles. The van der Waals surface area contributed by atoms with Gasteiger partial charge in [-0.25, -0.2) is 4.79 Å². The molecule has 0 radical (unpaired) electrons. The van der Waals surface area contributed by atoms with Crippen LogP contribution in [0.25, 0.3) is 0 Å². The van der Waals surface area contributed by atoms with Crippen LogP contribution in [0, 0.1) is 13.8 Å². The lowest BCUT2D eigenvalue weighted by molar-refractivity contribution is -0.116. The second-order valence-corrected chi connectivity index (χ2v) is 6.45. The first-order chi connectivity index (χ1) is 12.8. The third-order valence-electron chi connectivity index (χ3n) is 4.09. The van der Waals surface area contributed by atoms with E-state index in [0.29, 0.717) is 22.9 Å². The fraction of sp³-hybridized carbons (Fsp3) is 0.222. The number of carbonyl (C=O) groups is 2. The van der Waals surface area contributed by atoms with Crippen LogP contribution in [-0.2, 0) is 17.9 Å². The Kier molecular flexibility index (Phi) is 5.27. The second kappa shape index (κ2) is 7.63. The molecule has 1 amide bonds. The highest BCUT2D eigenvalue weighted by Crippen LogP contribution is 2.22. The van der Waals surface area contributed by atoms with E-state index >= 15 is 0 Å². The van der Waals surface area contributed by atoms with E-state index in [0.717, 1.165) is 11.3 Å². The first-order valence-electron chi connectivity index (χ1n) is 8.19. The number of nitrogens with zero attached hydrogens (tertiary/aromatic N) is 4. The van der Waals surface area contributed by atoms with E-state index in [2.05, 4.69) is 15.5 Å². The number of aromatic carboxylic acids is 1. The van der Waals surface area contributed by atoms with Crippen molar-refractivity contribution in [3.05, 3.63) is 64.2 Å². The van der Waals surface area contributed by atoms with Gasteiger partial charge in [-0.15, -0.1) is 0 Å². The number of benzene rings is 1. The fourth-order valence-electron chi connectivity index (χ4n) is 2.71. The molecular weight excluding hydrogens is 370 g/mol. The van der Waals surface area contributed by atoms with Gasteiger partial charge in [0.25, 0.3) is 0 Å². The Balaban J connectivity index is 1.73. The normalized spacial score (nSPS) is 10.8. The molecule has 3 aromatic rings. The molecule has 2 N–H and O–H groups in total. The van der Waals surface area contributed by atoms with Gasteiger partial charge in [-0.3, -0.25) is 14.2 Å². The zero-order valence-electron chi connectivity index (χ0n) is 14.8. The smallest absolute Gasteiger partial charge is 0.356 e. The summed E-state index contributed by atoms with van der Waals surface area (Å²) in [5, 5.41) is 20.7. The summed E-state index contributed by atoms with van der Waals surface area (Å²) in [4.78, 5) is 23.2. The van der Waals surface area contributed by atoms with Crippen LogP contribution in [0.5, 0.6) is 0 Å². The van der Waals surface area contributed by atoms with Gasteiger partial charge in [0.05, 0.1) is 23.6 Å². The molecule has 2 heterocycles. The third kappa shape index (κ3) is 4.17. The van der Waals surface area contributed by atoms with Gasteiger partial charge in [-0.05, 0) is 31.5 Å². The number of hydrogen-bond donors (Lipinski definition) is 2. The molecule has 0 bridgehead atoms. The molecular formula is C18H18ClN5O3. The molecule has 0 aliphatic heterocycles. The van der Waals surface area contributed by atoms with Crippen molar-refractivity contribution in [3.63, 3.8) is 0 Å². The van der Waals surface area contributed by atoms with Crippen LogP contribution in [-0.4, -0.2) is 36.5 Å². The number of carbonyl (C=O) groups excluding carboxylic acids is 1. The van der Waals surface area contributed by atoms with Crippen LogP contribution < -0.4 is 5.32 Å². The lowest BCUT2D eigenvalue weighted by Crippen LogP contribution is -2.20. The van der Waals surface area contributed by atoms with Crippen LogP contribution in [0.4, 0.5) is 5.69 Å². The maximum absolute atomic E-state index is 12.3. The molecule has 27 heavy (non-hydrogen) atoms. The van der Waals surface area contributed by atoms with Crippen molar-refractivity contribution in [2.24, 2.45) is 0 Å². The highest BCUT2D eigenvalue weighted by molar-refractivity contribution is 6.31. The number of hydrogen-bond acceptors (Lipinski definition) is 4. The zero-order chi connectivity index (χ0) is 19.6. The SMILES string of the molecule is Cc1nn(Cc2ccccc2Cl)c(C)c1NC(=O)Cn1ccc(C(=O)O)n1. The molecule has 0 unspecified atom stereocenters. The second-order valence-electron chi connectivity index (χ2n) is 6.05. The van der Waals surface area contributed by atoms with Crippen molar-refractivity contribution in [2.75, 3.05) is 5.32 Å². The van der Waals surface area contributed by atoms with Gasteiger partial charge in [-0.1, -0.05) is 29.8 Å². The average Bonchev–Trinajstić information content (AvgIpc) is 3.17. The summed E-state index contributed by atoms with van der Waals surface area (Å²) in [6.45, 7) is 4.07. The molecule has 2 aromatic heterocycles. The Morgan fingerprint density at radius 1 is 1.19 bits per heavy atom. The zero-order valence-corrected chi connectivity index (χ0v) is 15.6. The number of halogens is 1. The Hall–Kier alpha value is -3.13. The summed E-state index contributed by atoms with van der Waals surface area (Å²) >= 11 is 6.21. The van der Waals surface area contributed by atoms with E-state index < -0.39 is 5.97 Å². The number of nitrogens with one attached hydrogen (secondary N) is 1. The van der Waals surface area contributed by atoms with Crippen LogP contribution in [0.2, 0.25) is 5.02 Å². The minimum Gasteiger partial charge on any atom is -0.476 e. The monoisotopic (exact) mass is 387 g/mol. The van der Waals surface area contributed by atoms with E-state index in [4.69, 9.17) is 16.7 Å². The molecule has 1 aromatic carbocycles. The number of amides is 1. The van der Waals surface area contributed by atoms with Crippen LogP contribution >= 0.6 is 11.6 Å². The lowest BCUT2D eigenvalue weighted by atomic mass is 10.2. The minimum atomic E-state index is -1.14. The number of carboxylic acids is 1. The summed E-state index contributed by atoms with van der Waals surface area (Å²) < 4.78 is 3.06. The van der Waals surface area contributed by atoms with Gasteiger partial charge in [0.2, 0.25) is 5.91 Å². The van der Waals surface area contributed by atoms with Crippen molar-refractivity contribution >= 4 is 29.2 Å². The molecule has 0 spiro atoms. The molecule has 8 nitrogen and oxygen atoms in total. The van der Waals surface area contributed by atoms with E-state index in [1.807, 2.05) is 38.1 Å². The van der Waals surface area contributed by atoms with Crippen molar-refractivity contribution in [1.82, 2.24) is 19.6 Å². The van der Waals surface area contributed by atoms with Crippen molar-refractivity contribution < 1.29 is 14.7 Å². The van der Waals surface area contributed by atoms with Gasteiger partial charge in [0, 0.05) is 11.2 Å². The van der Waals surface area contributed by atoms with E-state index in [1.54, 1.807) is 4.68 Å². The maximum atomic E-state index is 12.3. The first kappa shape index (κ1) is 18.7. The minimum absolute atomic E-state index is 0.0954. The number of carboxylic acid groups (broad SMARTS) is 1. The number of anilines is 1. The highest BCUT2D eigenvalue weighted by atomic mass is 35.5. The number of aromatic nitrogens is 4. The maximum Gasteiger partial charge on any atom is 0.356 e. The van der Waals surface area contributed by atoms with Crippen molar-refractivity contribution in [3.8, 4) is 0 Å². The molecule has 0 fully saturated rings. The summed E-state index contributed by atoms with van der Waals surface area (Å²) in [5.74, 6) is -1.46. The summed E-state index contributed by atoms with van der Waals surface area (Å²) in [5.41, 5.74) is 2.92. The molecule has 0 aliphatic carbocycles. The van der Waals surface area contributed by atoms with Crippen LogP contribution in [0.15, 0.2) is 36.5 Å². The molecule has 9 heteroatoms. The van der Waals surface area contributed by atoms with Gasteiger partial charge in [-0.2, -0.15) is 10.2 Å². The Morgan fingerprint density at radius 3 is 2.59 bits per heavy atom. The van der Waals surface area contributed by atoms with Crippen molar-refractivity contribution in [1.29, 1.82) is 0 Å². The van der Waals surface area contributed by atoms with Crippen molar-refractivity contribution in [2.45, 2.75) is 26.9 Å². The van der Waals surface area contributed by atoms with Gasteiger partial charge in [0.15, 0.2) is 5.69 Å². The molecule has 0 saturated carbocycles. The average molecular weight is 388 g/mol. The predicted octanol–water partition coefficient (Wildman–Crippen LogP) is 2.74. The van der Waals surface area contributed by atoms with E-state index in [9.17, 15) is 9.59 Å².